The highest BCUT2D eigenvalue weighted by Crippen LogP contribution is 2.46. The van der Waals surface area contributed by atoms with Crippen LogP contribution in [0.1, 0.15) is 96.2 Å². The normalized spacial score (nSPS) is 16.9. The van der Waals surface area contributed by atoms with E-state index in [9.17, 15) is 0 Å². The van der Waals surface area contributed by atoms with E-state index in [1.54, 1.807) is 11.3 Å². The standard InChI is InChI=1S/C18H23NS.C9H21N/c1-12-19-16(11-20-12)13-6-7-14-15(10-13)18(4,5)9-8-17(14,2)3;1-5-7-9(8-6-2)10(3)4/h6-7,10-11H,8-9H2,1-5H3;9H,5-8H2,1-4H3. The monoisotopic (exact) mass is 428 g/mol. The molecular weight excluding hydrogens is 384 g/mol. The number of thiazole rings is 1. The summed E-state index contributed by atoms with van der Waals surface area (Å²) < 4.78 is 0. The third-order valence-corrected chi connectivity index (χ3v) is 7.52. The molecule has 2 nitrogen and oxygen atoms in total. The Kier molecular flexibility index (Phi) is 8.70. The molecule has 0 saturated carbocycles. The summed E-state index contributed by atoms with van der Waals surface area (Å²) >= 11 is 1.73. The van der Waals surface area contributed by atoms with Crippen molar-refractivity contribution in [1.29, 1.82) is 0 Å². The van der Waals surface area contributed by atoms with Crippen LogP contribution in [0.15, 0.2) is 23.6 Å². The molecule has 1 aromatic carbocycles. The zero-order valence-corrected chi connectivity index (χ0v) is 21.7. The van der Waals surface area contributed by atoms with Crippen molar-refractivity contribution >= 4 is 11.3 Å². The first kappa shape index (κ1) is 25.1. The molecule has 0 unspecified atom stereocenters. The molecule has 2 aromatic rings. The average Bonchev–Trinajstić information content (AvgIpc) is 3.12. The van der Waals surface area contributed by atoms with E-state index in [0.29, 0.717) is 5.41 Å². The SMILES string of the molecule is CCCC(CCC)N(C)C.Cc1nc(-c2ccc3c(c2)C(C)(C)CCC3(C)C)cs1. The third kappa shape index (κ3) is 6.17. The van der Waals surface area contributed by atoms with E-state index in [0.717, 1.165) is 16.7 Å². The van der Waals surface area contributed by atoms with E-state index in [1.165, 1.54) is 55.2 Å². The van der Waals surface area contributed by atoms with Crippen LogP contribution in [0.2, 0.25) is 0 Å². The predicted molar refractivity (Wildman–Crippen MR) is 135 cm³/mol. The molecular formula is C27H44N2S. The van der Waals surface area contributed by atoms with Crippen LogP contribution < -0.4 is 0 Å². The van der Waals surface area contributed by atoms with E-state index in [4.69, 9.17) is 0 Å². The fourth-order valence-electron chi connectivity index (χ4n) is 4.57. The number of rotatable bonds is 6. The molecule has 0 bridgehead atoms. The lowest BCUT2D eigenvalue weighted by Crippen LogP contribution is -2.33. The van der Waals surface area contributed by atoms with Crippen LogP contribution in [0.25, 0.3) is 11.3 Å². The summed E-state index contributed by atoms with van der Waals surface area (Å²) in [6, 6.07) is 7.77. The Labute approximate surface area is 190 Å². The van der Waals surface area contributed by atoms with Crippen molar-refractivity contribution in [3.05, 3.63) is 39.7 Å². The van der Waals surface area contributed by atoms with Gasteiger partial charge in [-0.05, 0) is 74.7 Å². The zero-order chi connectivity index (χ0) is 22.5. The maximum absolute atomic E-state index is 4.63. The maximum Gasteiger partial charge on any atom is 0.0901 e. The van der Waals surface area contributed by atoms with Crippen molar-refractivity contribution in [1.82, 2.24) is 9.88 Å². The molecule has 1 aliphatic rings. The Bertz CT molecular complexity index is 795. The number of fused-ring (bicyclic) bond motifs is 1. The zero-order valence-electron chi connectivity index (χ0n) is 20.9. The molecule has 30 heavy (non-hydrogen) atoms. The molecule has 0 radical (unpaired) electrons. The second-order valence-electron chi connectivity index (χ2n) is 10.5. The molecule has 1 aliphatic carbocycles. The van der Waals surface area contributed by atoms with Crippen molar-refractivity contribution in [2.75, 3.05) is 14.1 Å². The average molecular weight is 429 g/mol. The number of nitrogens with zero attached hydrogens (tertiary/aromatic N) is 2. The van der Waals surface area contributed by atoms with E-state index in [1.807, 2.05) is 0 Å². The van der Waals surface area contributed by atoms with Crippen LogP contribution in [-0.4, -0.2) is 30.0 Å². The summed E-state index contributed by atoms with van der Waals surface area (Å²) in [6.07, 6.45) is 7.84. The first-order valence-corrected chi connectivity index (χ1v) is 12.6. The summed E-state index contributed by atoms with van der Waals surface area (Å²) in [5, 5.41) is 3.30. The number of hydrogen-bond donors (Lipinski definition) is 0. The van der Waals surface area contributed by atoms with Crippen molar-refractivity contribution in [2.24, 2.45) is 0 Å². The van der Waals surface area contributed by atoms with Gasteiger partial charge in [0.15, 0.2) is 0 Å². The summed E-state index contributed by atoms with van der Waals surface area (Å²) in [4.78, 5) is 6.97. The Morgan fingerprint density at radius 3 is 2.00 bits per heavy atom. The first-order chi connectivity index (χ1) is 14.0. The number of hydrogen-bond acceptors (Lipinski definition) is 3. The first-order valence-electron chi connectivity index (χ1n) is 11.8. The van der Waals surface area contributed by atoms with Gasteiger partial charge >= 0.3 is 0 Å². The third-order valence-electron chi connectivity index (χ3n) is 6.74. The van der Waals surface area contributed by atoms with Gasteiger partial charge in [-0.1, -0.05) is 66.5 Å². The van der Waals surface area contributed by atoms with E-state index < -0.39 is 0 Å². The molecule has 3 rings (SSSR count). The van der Waals surface area contributed by atoms with Gasteiger partial charge in [0.2, 0.25) is 0 Å². The van der Waals surface area contributed by atoms with Gasteiger partial charge in [0.1, 0.15) is 0 Å². The molecule has 0 fully saturated rings. The lowest BCUT2D eigenvalue weighted by atomic mass is 9.63. The molecule has 0 aliphatic heterocycles. The van der Waals surface area contributed by atoms with Gasteiger partial charge < -0.3 is 4.90 Å². The van der Waals surface area contributed by atoms with E-state index >= 15 is 0 Å². The van der Waals surface area contributed by atoms with Crippen LogP contribution in [0.4, 0.5) is 0 Å². The van der Waals surface area contributed by atoms with Crippen molar-refractivity contribution in [3.63, 3.8) is 0 Å². The largest absolute Gasteiger partial charge is 0.306 e. The Morgan fingerprint density at radius 1 is 0.967 bits per heavy atom. The Hall–Kier alpha value is -1.19. The minimum atomic E-state index is 0.270. The van der Waals surface area contributed by atoms with Crippen molar-refractivity contribution < 1.29 is 0 Å². The molecule has 1 aromatic heterocycles. The van der Waals surface area contributed by atoms with Gasteiger partial charge in [-0.3, -0.25) is 0 Å². The fraction of sp³-hybridized carbons (Fsp3) is 0.667. The topological polar surface area (TPSA) is 16.1 Å². The quantitative estimate of drug-likeness (QED) is 0.463. The summed E-state index contributed by atoms with van der Waals surface area (Å²) in [5.41, 5.74) is 5.97. The maximum atomic E-state index is 4.63. The highest BCUT2D eigenvalue weighted by Gasteiger charge is 2.37. The smallest absolute Gasteiger partial charge is 0.0901 e. The fourth-order valence-corrected chi connectivity index (χ4v) is 5.19. The predicted octanol–water partition coefficient (Wildman–Crippen LogP) is 7.98. The Balaban J connectivity index is 0.000000274. The molecule has 3 heteroatoms. The lowest BCUT2D eigenvalue weighted by Gasteiger charge is -2.42. The second kappa shape index (κ2) is 10.4. The highest BCUT2D eigenvalue weighted by atomic mass is 32.1. The number of aryl methyl sites for hydroxylation is 1. The molecule has 1 heterocycles. The molecule has 0 saturated heterocycles. The van der Waals surface area contributed by atoms with Gasteiger partial charge in [-0.2, -0.15) is 0 Å². The van der Waals surface area contributed by atoms with Crippen LogP contribution in [0.3, 0.4) is 0 Å². The van der Waals surface area contributed by atoms with Gasteiger partial charge in [-0.15, -0.1) is 11.3 Å². The van der Waals surface area contributed by atoms with Gasteiger partial charge in [0.05, 0.1) is 10.7 Å². The highest BCUT2D eigenvalue weighted by molar-refractivity contribution is 7.09. The number of benzene rings is 1. The van der Waals surface area contributed by atoms with E-state index in [-0.39, 0.29) is 5.41 Å². The minimum Gasteiger partial charge on any atom is -0.306 e. The molecule has 0 atom stereocenters. The van der Waals surface area contributed by atoms with E-state index in [2.05, 4.69) is 96.0 Å². The lowest BCUT2D eigenvalue weighted by molar-refractivity contribution is 0.261. The molecule has 0 N–H and O–H groups in total. The van der Waals surface area contributed by atoms with Gasteiger partial charge in [0, 0.05) is 17.0 Å². The Morgan fingerprint density at radius 2 is 1.53 bits per heavy atom. The van der Waals surface area contributed by atoms with Crippen LogP contribution >= 0.6 is 11.3 Å². The van der Waals surface area contributed by atoms with Crippen LogP contribution in [0, 0.1) is 6.92 Å². The van der Waals surface area contributed by atoms with Crippen molar-refractivity contribution in [3.8, 4) is 11.3 Å². The van der Waals surface area contributed by atoms with Gasteiger partial charge in [0.25, 0.3) is 0 Å². The summed E-state index contributed by atoms with van der Waals surface area (Å²) in [5.74, 6) is 0. The van der Waals surface area contributed by atoms with Crippen molar-refractivity contribution in [2.45, 2.75) is 104 Å². The van der Waals surface area contributed by atoms with Gasteiger partial charge in [-0.25, -0.2) is 4.98 Å². The second-order valence-corrected chi connectivity index (χ2v) is 11.5. The molecule has 168 valence electrons. The minimum absolute atomic E-state index is 0.270. The van der Waals surface area contributed by atoms with Crippen LogP contribution in [-0.2, 0) is 10.8 Å². The molecule has 0 spiro atoms. The molecule has 0 amide bonds. The summed E-state index contributed by atoms with van der Waals surface area (Å²) in [6.45, 7) is 16.1. The number of aromatic nitrogens is 1. The summed E-state index contributed by atoms with van der Waals surface area (Å²) in [7, 11) is 4.35. The van der Waals surface area contributed by atoms with Crippen LogP contribution in [0.5, 0.6) is 0 Å².